The lowest BCUT2D eigenvalue weighted by Crippen LogP contribution is -2.55. The van der Waals surface area contributed by atoms with E-state index in [0.717, 1.165) is 52.0 Å². The van der Waals surface area contributed by atoms with E-state index in [4.69, 9.17) is 4.74 Å². The number of methoxy groups -OCH3 is 1. The van der Waals surface area contributed by atoms with Crippen LogP contribution in [0.1, 0.15) is 43.2 Å². The van der Waals surface area contributed by atoms with Gasteiger partial charge in [0.05, 0.1) is 17.7 Å². The smallest absolute Gasteiger partial charge is 0.264 e. The molecule has 0 spiro atoms. The second kappa shape index (κ2) is 16.1. The summed E-state index contributed by atoms with van der Waals surface area (Å²) in [4.78, 5) is 30.5. The Bertz CT molecular complexity index is 1750. The lowest BCUT2D eigenvalue weighted by Gasteiger charge is -2.35. The van der Waals surface area contributed by atoms with Gasteiger partial charge in [-0.25, -0.2) is 8.42 Å². The molecule has 4 aromatic rings. The zero-order valence-corrected chi connectivity index (χ0v) is 28.8. The van der Waals surface area contributed by atoms with E-state index in [9.17, 15) is 18.0 Å². The maximum absolute atomic E-state index is 14.7. The molecule has 1 saturated carbocycles. The van der Waals surface area contributed by atoms with Gasteiger partial charge in [-0.15, -0.1) is 0 Å². The van der Waals surface area contributed by atoms with Crippen molar-refractivity contribution in [3.63, 3.8) is 0 Å². The van der Waals surface area contributed by atoms with Crippen LogP contribution in [-0.2, 0) is 32.6 Å². The first kappa shape index (κ1) is 34.2. The second-order valence-electron chi connectivity index (χ2n) is 11.7. The van der Waals surface area contributed by atoms with Gasteiger partial charge in [0.2, 0.25) is 11.8 Å². The highest BCUT2D eigenvalue weighted by molar-refractivity contribution is 9.10. The van der Waals surface area contributed by atoms with Gasteiger partial charge >= 0.3 is 0 Å². The van der Waals surface area contributed by atoms with Gasteiger partial charge in [-0.05, 0) is 60.4 Å². The maximum atomic E-state index is 14.7. The van der Waals surface area contributed by atoms with E-state index in [1.807, 2.05) is 54.6 Å². The highest BCUT2D eigenvalue weighted by Gasteiger charge is 2.35. The van der Waals surface area contributed by atoms with Crippen molar-refractivity contribution in [2.75, 3.05) is 18.0 Å². The average molecular weight is 719 g/mol. The van der Waals surface area contributed by atoms with Crippen molar-refractivity contribution >= 4 is 43.5 Å². The van der Waals surface area contributed by atoms with Gasteiger partial charge in [0.1, 0.15) is 18.3 Å². The third-order valence-corrected chi connectivity index (χ3v) is 10.7. The number of anilines is 1. The molecule has 4 aromatic carbocycles. The Kier molecular flexibility index (Phi) is 11.7. The highest BCUT2D eigenvalue weighted by atomic mass is 79.9. The van der Waals surface area contributed by atoms with Crippen molar-refractivity contribution < 1.29 is 22.7 Å². The fourth-order valence-corrected chi connectivity index (χ4v) is 7.82. The van der Waals surface area contributed by atoms with Gasteiger partial charge in [0.25, 0.3) is 10.0 Å². The quantitative estimate of drug-likeness (QED) is 0.165. The molecule has 1 aliphatic rings. The van der Waals surface area contributed by atoms with E-state index in [1.165, 1.54) is 24.1 Å². The summed E-state index contributed by atoms with van der Waals surface area (Å²) in [5, 5.41) is 3.24. The second-order valence-corrected chi connectivity index (χ2v) is 14.5. The SMILES string of the molecule is COc1cccc(N(CC(=O)N(Cc2cccc(Br)c2)[C@@H](Cc2ccccc2)C(=O)NC2CCCCC2)S(=O)(=O)c2ccccc2)c1. The largest absolute Gasteiger partial charge is 0.497 e. The monoisotopic (exact) mass is 717 g/mol. The van der Waals surface area contributed by atoms with Crippen molar-refractivity contribution in [3.8, 4) is 5.75 Å². The van der Waals surface area contributed by atoms with Crippen molar-refractivity contribution in [1.29, 1.82) is 0 Å². The lowest BCUT2D eigenvalue weighted by molar-refractivity contribution is -0.140. The van der Waals surface area contributed by atoms with Crippen LogP contribution in [0.3, 0.4) is 0 Å². The molecular formula is C37H40BrN3O5S. The number of amides is 2. The molecule has 0 heterocycles. The Morgan fingerprint density at radius 3 is 2.19 bits per heavy atom. The summed E-state index contributed by atoms with van der Waals surface area (Å²) in [7, 11) is -2.69. The highest BCUT2D eigenvalue weighted by Crippen LogP contribution is 2.28. The molecule has 0 bridgehead atoms. The van der Waals surface area contributed by atoms with Gasteiger partial charge < -0.3 is 15.0 Å². The fourth-order valence-electron chi connectivity index (χ4n) is 5.94. The van der Waals surface area contributed by atoms with E-state index in [1.54, 1.807) is 42.5 Å². The van der Waals surface area contributed by atoms with Crippen molar-refractivity contribution in [3.05, 3.63) is 125 Å². The summed E-state index contributed by atoms with van der Waals surface area (Å²) in [5.74, 6) is -0.307. The molecule has 0 aliphatic heterocycles. The Balaban J connectivity index is 1.57. The minimum atomic E-state index is -4.19. The predicted molar refractivity (Wildman–Crippen MR) is 188 cm³/mol. The zero-order valence-electron chi connectivity index (χ0n) is 26.4. The topological polar surface area (TPSA) is 96.0 Å². The van der Waals surface area contributed by atoms with Crippen molar-refractivity contribution in [2.45, 2.75) is 62.0 Å². The third-order valence-electron chi connectivity index (χ3n) is 8.42. The molecule has 1 fully saturated rings. The average Bonchev–Trinajstić information content (AvgIpc) is 3.10. The maximum Gasteiger partial charge on any atom is 0.264 e. The number of nitrogens with one attached hydrogen (secondary N) is 1. The Morgan fingerprint density at radius 2 is 1.51 bits per heavy atom. The summed E-state index contributed by atoms with van der Waals surface area (Å²) in [6, 6.07) is 30.9. The minimum Gasteiger partial charge on any atom is -0.497 e. The molecule has 47 heavy (non-hydrogen) atoms. The van der Waals surface area contributed by atoms with Gasteiger partial charge in [-0.1, -0.05) is 102 Å². The van der Waals surface area contributed by atoms with Gasteiger partial charge in [0.15, 0.2) is 0 Å². The van der Waals surface area contributed by atoms with Gasteiger partial charge in [0, 0.05) is 29.5 Å². The summed E-state index contributed by atoms with van der Waals surface area (Å²) >= 11 is 3.53. The van der Waals surface area contributed by atoms with Crippen LogP contribution in [0.5, 0.6) is 5.75 Å². The van der Waals surface area contributed by atoms with Crippen molar-refractivity contribution in [1.82, 2.24) is 10.2 Å². The van der Waals surface area contributed by atoms with Crippen LogP contribution in [-0.4, -0.2) is 50.9 Å². The number of halogens is 1. The molecule has 0 saturated heterocycles. The number of hydrogen-bond donors (Lipinski definition) is 1. The first-order valence-corrected chi connectivity index (χ1v) is 18.1. The molecule has 1 aliphatic carbocycles. The van der Waals surface area contributed by atoms with Crippen LogP contribution < -0.4 is 14.4 Å². The summed E-state index contributed by atoms with van der Waals surface area (Å²) in [5.41, 5.74) is 1.97. The van der Waals surface area contributed by atoms with Crippen LogP contribution in [0.2, 0.25) is 0 Å². The van der Waals surface area contributed by atoms with Gasteiger partial charge in [-0.2, -0.15) is 0 Å². The minimum absolute atomic E-state index is 0.0316. The standard InChI is InChI=1S/C37H40BrN3O5S/c1-46-33-20-12-19-32(25-33)41(47(44,45)34-21-9-4-10-22-34)27-36(42)40(26-29-15-11-16-30(38)23-29)35(24-28-13-5-2-6-14-28)37(43)39-31-17-7-3-8-18-31/h2,4-6,9-16,19-23,25,31,35H,3,7-8,17-18,24,26-27H2,1H3,(H,39,43)/t35-/m0/s1. The molecule has 1 N–H and O–H groups in total. The molecule has 5 rings (SSSR count). The Labute approximate surface area is 285 Å². The fraction of sp³-hybridized carbons (Fsp3) is 0.297. The van der Waals surface area contributed by atoms with Crippen LogP contribution in [0.15, 0.2) is 119 Å². The number of carbonyl (C=O) groups excluding carboxylic acids is 2. The van der Waals surface area contributed by atoms with Gasteiger partial charge in [-0.3, -0.25) is 13.9 Å². The van der Waals surface area contributed by atoms with Crippen LogP contribution in [0, 0.1) is 0 Å². The number of carbonyl (C=O) groups is 2. The molecule has 1 atom stereocenters. The number of hydrogen-bond acceptors (Lipinski definition) is 5. The number of benzene rings is 4. The first-order valence-electron chi connectivity index (χ1n) is 15.8. The molecule has 0 unspecified atom stereocenters. The molecule has 2 amide bonds. The lowest BCUT2D eigenvalue weighted by atomic mass is 9.94. The number of ether oxygens (including phenoxy) is 1. The molecule has 8 nitrogen and oxygen atoms in total. The van der Waals surface area contributed by atoms with E-state index < -0.39 is 28.5 Å². The Hall–Kier alpha value is -4.15. The first-order chi connectivity index (χ1) is 22.7. The molecular weight excluding hydrogens is 678 g/mol. The summed E-state index contributed by atoms with van der Waals surface area (Å²) in [6.07, 6.45) is 5.28. The zero-order chi connectivity index (χ0) is 33.2. The Morgan fingerprint density at radius 1 is 0.851 bits per heavy atom. The molecule has 0 aromatic heterocycles. The number of sulfonamides is 1. The summed E-state index contributed by atoms with van der Waals surface area (Å²) in [6.45, 7) is -0.425. The van der Waals surface area contributed by atoms with Crippen LogP contribution >= 0.6 is 15.9 Å². The van der Waals surface area contributed by atoms with Crippen LogP contribution in [0.4, 0.5) is 5.69 Å². The van der Waals surface area contributed by atoms with E-state index in [-0.39, 0.29) is 35.5 Å². The van der Waals surface area contributed by atoms with E-state index >= 15 is 0 Å². The van der Waals surface area contributed by atoms with Crippen LogP contribution in [0.25, 0.3) is 0 Å². The third kappa shape index (κ3) is 9.02. The predicted octanol–water partition coefficient (Wildman–Crippen LogP) is 6.74. The molecule has 0 radical (unpaired) electrons. The summed E-state index contributed by atoms with van der Waals surface area (Å²) < 4.78 is 35.7. The van der Waals surface area contributed by atoms with E-state index in [0.29, 0.717) is 5.75 Å². The number of nitrogens with zero attached hydrogens (tertiary/aromatic N) is 2. The molecule has 10 heteroatoms. The number of rotatable bonds is 13. The van der Waals surface area contributed by atoms with Crippen molar-refractivity contribution in [2.24, 2.45) is 0 Å². The van der Waals surface area contributed by atoms with E-state index in [2.05, 4.69) is 21.2 Å². The normalized spacial score (nSPS) is 14.2. The molecule has 246 valence electrons.